The maximum Gasteiger partial charge on any atom is 0.407 e. The fourth-order valence-electron chi connectivity index (χ4n) is 4.16. The van der Waals surface area contributed by atoms with E-state index in [2.05, 4.69) is 5.32 Å². The molecule has 11 nitrogen and oxygen atoms in total. The summed E-state index contributed by atoms with van der Waals surface area (Å²) in [6.45, 7) is 5.20. The first-order valence-electron chi connectivity index (χ1n) is 13.0. The van der Waals surface area contributed by atoms with E-state index < -0.39 is 35.5 Å². The summed E-state index contributed by atoms with van der Waals surface area (Å²) >= 11 is 0. The Morgan fingerprint density at radius 1 is 0.881 bits per heavy atom. The van der Waals surface area contributed by atoms with Crippen molar-refractivity contribution in [3.05, 3.63) is 89.0 Å². The average Bonchev–Trinajstić information content (AvgIpc) is 2.94. The van der Waals surface area contributed by atoms with Crippen LogP contribution >= 0.6 is 0 Å². The fourth-order valence-corrected chi connectivity index (χ4v) is 4.16. The van der Waals surface area contributed by atoms with Gasteiger partial charge in [-0.25, -0.2) is 14.4 Å². The number of anilines is 1. The number of nitrogens with one attached hydrogen (secondary N) is 1. The number of carbonyl (C=O) groups is 4. The second-order valence-corrected chi connectivity index (χ2v) is 10.3. The van der Waals surface area contributed by atoms with E-state index in [1.807, 2.05) is 0 Å². The van der Waals surface area contributed by atoms with E-state index >= 15 is 0 Å². The minimum atomic E-state index is -1.69. The van der Waals surface area contributed by atoms with E-state index in [1.54, 1.807) is 51.1 Å². The molecule has 1 amide bonds. The lowest BCUT2D eigenvalue weighted by Crippen LogP contribution is -2.47. The van der Waals surface area contributed by atoms with Crippen LogP contribution in [0.3, 0.4) is 0 Å². The molecule has 0 unspecified atom stereocenters. The van der Waals surface area contributed by atoms with Crippen molar-refractivity contribution in [1.82, 2.24) is 5.32 Å². The van der Waals surface area contributed by atoms with Gasteiger partial charge in [0.1, 0.15) is 17.1 Å². The summed E-state index contributed by atoms with van der Waals surface area (Å²) in [5, 5.41) is 22.3. The molecule has 0 aliphatic carbocycles. The first kappa shape index (κ1) is 31.5. The number of hydrogen-bond acceptors (Lipinski definition) is 8. The molecular weight excluding hydrogens is 544 g/mol. The van der Waals surface area contributed by atoms with Crippen LogP contribution in [0.1, 0.15) is 52.6 Å². The zero-order chi connectivity index (χ0) is 31.0. The maximum atomic E-state index is 13.8. The Balaban J connectivity index is 2.00. The standard InChI is InChI=1S/C31H34N2O9/c1-31(2,3)42-30(39)32-17-19-7-6-8-21(15-19)27(34)26(29(37)38)33(23-12-9-20(10-13-23)28(35)36)18-22-11-14-24(40-4)16-25(22)41-5/h6-16,26H,17-18H2,1-5H3,(H,32,39)(H,35,36)(H,37,38)/t26-/m0/s1. The van der Waals surface area contributed by atoms with Gasteiger partial charge >= 0.3 is 18.0 Å². The molecule has 42 heavy (non-hydrogen) atoms. The topological polar surface area (TPSA) is 152 Å². The predicted molar refractivity (Wildman–Crippen MR) is 154 cm³/mol. The van der Waals surface area contributed by atoms with Crippen molar-refractivity contribution in [2.45, 2.75) is 45.5 Å². The number of ether oxygens (including phenoxy) is 3. The van der Waals surface area contributed by atoms with Crippen molar-refractivity contribution in [2.75, 3.05) is 19.1 Å². The summed E-state index contributed by atoms with van der Waals surface area (Å²) in [4.78, 5) is 51.4. The molecule has 3 aromatic carbocycles. The number of hydrogen-bond donors (Lipinski definition) is 3. The van der Waals surface area contributed by atoms with Crippen molar-refractivity contribution in [2.24, 2.45) is 0 Å². The van der Waals surface area contributed by atoms with E-state index in [9.17, 15) is 29.4 Å². The van der Waals surface area contributed by atoms with E-state index in [4.69, 9.17) is 14.2 Å². The molecule has 0 spiro atoms. The number of aromatic carboxylic acids is 1. The number of ketones is 1. The van der Waals surface area contributed by atoms with E-state index in [0.717, 1.165) is 0 Å². The smallest absolute Gasteiger partial charge is 0.407 e. The lowest BCUT2D eigenvalue weighted by molar-refractivity contribution is -0.137. The third-order valence-corrected chi connectivity index (χ3v) is 6.12. The van der Waals surface area contributed by atoms with Crippen molar-refractivity contribution >= 4 is 29.5 Å². The number of carbonyl (C=O) groups excluding carboxylic acids is 2. The molecule has 1 atom stereocenters. The number of carboxylic acid groups (broad SMARTS) is 2. The van der Waals surface area contributed by atoms with Crippen LogP contribution in [0.5, 0.6) is 11.5 Å². The summed E-state index contributed by atoms with van der Waals surface area (Å²) < 4.78 is 16.0. The number of amides is 1. The van der Waals surface area contributed by atoms with Gasteiger partial charge in [-0.05, 0) is 68.8 Å². The number of rotatable bonds is 12. The molecule has 3 N–H and O–H groups in total. The zero-order valence-corrected chi connectivity index (χ0v) is 24.0. The van der Waals surface area contributed by atoms with Gasteiger partial charge in [-0.15, -0.1) is 0 Å². The van der Waals surface area contributed by atoms with Crippen LogP contribution in [0.4, 0.5) is 10.5 Å². The van der Waals surface area contributed by atoms with Gasteiger partial charge in [0.15, 0.2) is 11.8 Å². The highest BCUT2D eigenvalue weighted by Gasteiger charge is 2.35. The van der Waals surface area contributed by atoms with E-state index in [-0.39, 0.29) is 24.2 Å². The van der Waals surface area contributed by atoms with Crippen LogP contribution in [-0.4, -0.2) is 59.9 Å². The highest BCUT2D eigenvalue weighted by molar-refractivity contribution is 6.14. The maximum absolute atomic E-state index is 13.8. The number of nitrogens with zero attached hydrogens (tertiary/aromatic N) is 1. The van der Waals surface area contributed by atoms with E-state index in [0.29, 0.717) is 28.3 Å². The minimum Gasteiger partial charge on any atom is -0.497 e. The Hall–Kier alpha value is -5.06. The van der Waals surface area contributed by atoms with Crippen LogP contribution in [0, 0.1) is 0 Å². The Morgan fingerprint density at radius 2 is 1.57 bits per heavy atom. The average molecular weight is 579 g/mol. The van der Waals surface area contributed by atoms with Crippen molar-refractivity contribution in [3.8, 4) is 11.5 Å². The molecule has 0 bridgehead atoms. The van der Waals surface area contributed by atoms with Crippen LogP contribution in [-0.2, 0) is 22.6 Å². The number of carboxylic acids is 2. The second-order valence-electron chi connectivity index (χ2n) is 10.3. The van der Waals surface area contributed by atoms with Crippen molar-refractivity contribution < 1.29 is 43.6 Å². The molecule has 222 valence electrons. The quantitative estimate of drug-likeness (QED) is 0.202. The molecule has 0 saturated heterocycles. The number of Topliss-reactive ketones (excluding diaryl/α,β-unsaturated/α-hetero) is 1. The molecule has 0 aromatic heterocycles. The minimum absolute atomic E-state index is 0.00381. The highest BCUT2D eigenvalue weighted by atomic mass is 16.6. The third-order valence-electron chi connectivity index (χ3n) is 6.12. The summed E-state index contributed by atoms with van der Waals surface area (Å²) in [5.74, 6) is -2.33. The Labute approximate surface area is 243 Å². The highest BCUT2D eigenvalue weighted by Crippen LogP contribution is 2.30. The molecule has 0 aliphatic heterocycles. The van der Waals surface area contributed by atoms with Gasteiger partial charge in [-0.1, -0.05) is 18.2 Å². The normalized spacial score (nSPS) is 11.6. The molecule has 0 fully saturated rings. The Bertz CT molecular complexity index is 1450. The SMILES string of the molecule is COc1ccc(CN(c2ccc(C(=O)O)cc2)[C@H](C(=O)O)C(=O)c2cccc(CNC(=O)OC(C)(C)C)c2)c(OC)c1. The van der Waals surface area contributed by atoms with Gasteiger partial charge in [0, 0.05) is 36.0 Å². The summed E-state index contributed by atoms with van der Waals surface area (Å²) in [6.07, 6.45) is -0.632. The predicted octanol–water partition coefficient (Wildman–Crippen LogP) is 4.77. The van der Waals surface area contributed by atoms with Gasteiger partial charge in [-0.3, -0.25) is 4.79 Å². The molecule has 0 aliphatic rings. The summed E-state index contributed by atoms with van der Waals surface area (Å²) in [5.41, 5.74) is 0.861. The monoisotopic (exact) mass is 578 g/mol. The van der Waals surface area contributed by atoms with Gasteiger partial charge < -0.3 is 34.6 Å². The third kappa shape index (κ3) is 8.23. The lowest BCUT2D eigenvalue weighted by atomic mass is 9.99. The molecule has 3 rings (SSSR count). The van der Waals surface area contributed by atoms with Gasteiger partial charge in [0.05, 0.1) is 19.8 Å². The lowest BCUT2D eigenvalue weighted by Gasteiger charge is -2.31. The van der Waals surface area contributed by atoms with Crippen molar-refractivity contribution in [3.63, 3.8) is 0 Å². The van der Waals surface area contributed by atoms with E-state index in [1.165, 1.54) is 55.5 Å². The van der Waals surface area contributed by atoms with Crippen LogP contribution in [0.25, 0.3) is 0 Å². The number of benzene rings is 3. The van der Waals surface area contributed by atoms with Gasteiger partial charge in [0.25, 0.3) is 0 Å². The number of aliphatic carboxylic acids is 1. The second kappa shape index (κ2) is 13.5. The van der Waals surface area contributed by atoms with Gasteiger partial charge in [-0.2, -0.15) is 0 Å². The molecular formula is C31H34N2O9. The van der Waals surface area contributed by atoms with Crippen LogP contribution in [0.2, 0.25) is 0 Å². The summed E-state index contributed by atoms with van der Waals surface area (Å²) in [6, 6.07) is 15.2. The fraction of sp³-hybridized carbons (Fsp3) is 0.290. The van der Waals surface area contributed by atoms with Crippen LogP contribution in [0.15, 0.2) is 66.7 Å². The zero-order valence-electron chi connectivity index (χ0n) is 24.0. The first-order chi connectivity index (χ1) is 19.8. The first-order valence-corrected chi connectivity index (χ1v) is 13.0. The molecule has 0 heterocycles. The Kier molecular flexibility index (Phi) is 10.1. The Morgan fingerprint density at radius 3 is 2.14 bits per heavy atom. The molecule has 11 heteroatoms. The number of alkyl carbamates (subject to hydrolysis) is 1. The molecule has 0 saturated carbocycles. The van der Waals surface area contributed by atoms with Gasteiger partial charge in [0.2, 0.25) is 0 Å². The molecule has 3 aromatic rings. The number of methoxy groups -OCH3 is 2. The largest absolute Gasteiger partial charge is 0.497 e. The molecule has 0 radical (unpaired) electrons. The van der Waals surface area contributed by atoms with Crippen molar-refractivity contribution in [1.29, 1.82) is 0 Å². The van der Waals surface area contributed by atoms with Crippen LogP contribution < -0.4 is 19.7 Å². The summed E-state index contributed by atoms with van der Waals surface area (Å²) in [7, 11) is 2.96.